The van der Waals surface area contributed by atoms with Gasteiger partial charge in [-0.25, -0.2) is 8.78 Å². The summed E-state index contributed by atoms with van der Waals surface area (Å²) in [4.78, 5) is 0. The molecule has 0 spiro atoms. The summed E-state index contributed by atoms with van der Waals surface area (Å²) in [6, 6.07) is 2.45. The van der Waals surface area contributed by atoms with Gasteiger partial charge in [-0.15, -0.1) is 0 Å². The Balaban J connectivity index is 2.10. The topological polar surface area (TPSA) is 29.9 Å². The first-order valence-corrected chi connectivity index (χ1v) is 6.29. The van der Waals surface area contributed by atoms with Crippen LogP contribution in [0, 0.1) is 11.6 Å². The maximum Gasteiger partial charge on any atom is 0.150 e. The third-order valence-corrected chi connectivity index (χ3v) is 2.94. The Kier molecular flexibility index (Phi) is 3.96. The van der Waals surface area contributed by atoms with Crippen LogP contribution in [0.3, 0.4) is 0 Å². The molecule has 0 saturated heterocycles. The SMILES string of the molecule is CCn1cc(CNc2c(F)cc(Br)cc2F)cn1. The zero-order valence-corrected chi connectivity index (χ0v) is 11.3. The van der Waals surface area contributed by atoms with E-state index in [2.05, 4.69) is 26.3 Å². The average molecular weight is 316 g/mol. The third kappa shape index (κ3) is 2.87. The minimum atomic E-state index is -0.621. The summed E-state index contributed by atoms with van der Waals surface area (Å²) in [5, 5.41) is 6.83. The highest BCUT2D eigenvalue weighted by molar-refractivity contribution is 9.10. The standard InChI is InChI=1S/C12H12BrF2N3/c1-2-18-7-8(6-17-18)5-16-12-10(14)3-9(13)4-11(12)15/h3-4,6-7,16H,2,5H2,1H3. The Morgan fingerprint density at radius 1 is 1.33 bits per heavy atom. The minimum absolute atomic E-state index is 0.123. The van der Waals surface area contributed by atoms with E-state index in [4.69, 9.17) is 0 Å². The molecular weight excluding hydrogens is 304 g/mol. The molecule has 0 bridgehead atoms. The minimum Gasteiger partial charge on any atom is -0.376 e. The van der Waals surface area contributed by atoms with Crippen molar-refractivity contribution in [3.05, 3.63) is 46.2 Å². The number of nitrogens with one attached hydrogen (secondary N) is 1. The van der Waals surface area contributed by atoms with Crippen molar-refractivity contribution in [2.75, 3.05) is 5.32 Å². The lowest BCUT2D eigenvalue weighted by atomic mass is 10.2. The van der Waals surface area contributed by atoms with Crippen LogP contribution < -0.4 is 5.32 Å². The van der Waals surface area contributed by atoms with Gasteiger partial charge in [0.15, 0.2) is 0 Å². The summed E-state index contributed by atoms with van der Waals surface area (Å²) in [5.41, 5.74) is 0.751. The van der Waals surface area contributed by atoms with E-state index in [0.717, 1.165) is 12.1 Å². The van der Waals surface area contributed by atoms with Gasteiger partial charge < -0.3 is 5.32 Å². The largest absolute Gasteiger partial charge is 0.376 e. The van der Waals surface area contributed by atoms with E-state index >= 15 is 0 Å². The van der Waals surface area contributed by atoms with Gasteiger partial charge in [0, 0.05) is 29.3 Å². The van der Waals surface area contributed by atoms with Gasteiger partial charge in [-0.3, -0.25) is 4.68 Å². The summed E-state index contributed by atoms with van der Waals surface area (Å²) >= 11 is 3.03. The highest BCUT2D eigenvalue weighted by Crippen LogP contribution is 2.24. The smallest absolute Gasteiger partial charge is 0.150 e. The predicted molar refractivity (Wildman–Crippen MR) is 69.3 cm³/mol. The van der Waals surface area contributed by atoms with Crippen LogP contribution in [0.2, 0.25) is 0 Å². The molecule has 1 N–H and O–H groups in total. The highest BCUT2D eigenvalue weighted by atomic mass is 79.9. The maximum absolute atomic E-state index is 13.5. The number of hydrogen-bond donors (Lipinski definition) is 1. The summed E-state index contributed by atoms with van der Waals surface area (Å²) in [7, 11) is 0. The fourth-order valence-corrected chi connectivity index (χ4v) is 1.97. The normalized spacial score (nSPS) is 10.7. The zero-order chi connectivity index (χ0) is 13.1. The van der Waals surface area contributed by atoms with Gasteiger partial charge in [-0.2, -0.15) is 5.10 Å². The van der Waals surface area contributed by atoms with E-state index in [9.17, 15) is 8.78 Å². The van der Waals surface area contributed by atoms with Crippen molar-refractivity contribution < 1.29 is 8.78 Å². The second-order valence-electron chi connectivity index (χ2n) is 3.80. The van der Waals surface area contributed by atoms with Crippen LogP contribution in [0.4, 0.5) is 14.5 Å². The second kappa shape index (κ2) is 5.48. The lowest BCUT2D eigenvalue weighted by Gasteiger charge is -2.08. The lowest BCUT2D eigenvalue weighted by Crippen LogP contribution is -2.03. The number of aryl methyl sites for hydroxylation is 1. The first kappa shape index (κ1) is 13.0. The van der Waals surface area contributed by atoms with Crippen molar-refractivity contribution in [1.29, 1.82) is 0 Å². The molecular formula is C12H12BrF2N3. The molecule has 0 fully saturated rings. The number of nitrogens with zero attached hydrogens (tertiary/aromatic N) is 2. The quantitative estimate of drug-likeness (QED) is 0.935. The Bertz CT molecular complexity index is 531. The van der Waals surface area contributed by atoms with Gasteiger partial charge in [-0.05, 0) is 19.1 Å². The van der Waals surface area contributed by atoms with Gasteiger partial charge in [0.05, 0.1) is 6.20 Å². The highest BCUT2D eigenvalue weighted by Gasteiger charge is 2.10. The maximum atomic E-state index is 13.5. The van der Waals surface area contributed by atoms with Crippen molar-refractivity contribution >= 4 is 21.6 Å². The summed E-state index contributed by atoms with van der Waals surface area (Å²) < 4.78 is 29.2. The molecule has 3 nitrogen and oxygen atoms in total. The molecule has 96 valence electrons. The van der Waals surface area contributed by atoms with E-state index in [1.807, 2.05) is 13.1 Å². The van der Waals surface area contributed by atoms with Crippen molar-refractivity contribution in [2.45, 2.75) is 20.0 Å². The molecule has 1 heterocycles. The van der Waals surface area contributed by atoms with Crippen LogP contribution in [0.15, 0.2) is 29.0 Å². The lowest BCUT2D eigenvalue weighted by molar-refractivity contribution is 0.586. The van der Waals surface area contributed by atoms with E-state index < -0.39 is 11.6 Å². The number of hydrogen-bond acceptors (Lipinski definition) is 2. The Labute approximate surface area is 112 Å². The molecule has 0 atom stereocenters. The molecule has 2 aromatic rings. The molecule has 0 aliphatic rings. The fraction of sp³-hybridized carbons (Fsp3) is 0.250. The van der Waals surface area contributed by atoms with Crippen molar-refractivity contribution in [3.8, 4) is 0 Å². The van der Waals surface area contributed by atoms with Gasteiger partial charge in [0.1, 0.15) is 17.3 Å². The molecule has 0 aliphatic heterocycles. The van der Waals surface area contributed by atoms with Crippen molar-refractivity contribution in [3.63, 3.8) is 0 Å². The van der Waals surface area contributed by atoms with Crippen LogP contribution in [-0.4, -0.2) is 9.78 Å². The number of benzene rings is 1. The van der Waals surface area contributed by atoms with Crippen LogP contribution in [-0.2, 0) is 13.1 Å². The Morgan fingerprint density at radius 2 is 2.00 bits per heavy atom. The van der Waals surface area contributed by atoms with E-state index in [1.54, 1.807) is 10.9 Å². The molecule has 2 rings (SSSR count). The molecule has 18 heavy (non-hydrogen) atoms. The summed E-state index contributed by atoms with van der Waals surface area (Å²) in [6.07, 6.45) is 3.51. The van der Waals surface area contributed by atoms with Gasteiger partial charge in [0.25, 0.3) is 0 Å². The zero-order valence-electron chi connectivity index (χ0n) is 9.75. The Hall–Kier alpha value is -1.43. The molecule has 6 heteroatoms. The van der Waals surface area contributed by atoms with Crippen LogP contribution >= 0.6 is 15.9 Å². The van der Waals surface area contributed by atoms with E-state index in [-0.39, 0.29) is 5.69 Å². The number of aromatic nitrogens is 2. The number of halogens is 3. The van der Waals surface area contributed by atoms with E-state index in [1.165, 1.54) is 12.1 Å². The van der Waals surface area contributed by atoms with Gasteiger partial charge >= 0.3 is 0 Å². The molecule has 0 aliphatic carbocycles. The number of rotatable bonds is 4. The third-order valence-electron chi connectivity index (χ3n) is 2.49. The molecule has 0 radical (unpaired) electrons. The Morgan fingerprint density at radius 3 is 2.56 bits per heavy atom. The summed E-state index contributed by atoms with van der Waals surface area (Å²) in [6.45, 7) is 3.06. The first-order chi connectivity index (χ1) is 8.60. The van der Waals surface area contributed by atoms with Crippen LogP contribution in [0.5, 0.6) is 0 Å². The molecule has 1 aromatic carbocycles. The van der Waals surface area contributed by atoms with Gasteiger partial charge in [-0.1, -0.05) is 15.9 Å². The second-order valence-corrected chi connectivity index (χ2v) is 4.72. The number of anilines is 1. The van der Waals surface area contributed by atoms with Crippen molar-refractivity contribution in [1.82, 2.24) is 9.78 Å². The van der Waals surface area contributed by atoms with Crippen molar-refractivity contribution in [2.24, 2.45) is 0 Å². The summed E-state index contributed by atoms with van der Waals surface area (Å²) in [5.74, 6) is -1.24. The first-order valence-electron chi connectivity index (χ1n) is 5.50. The molecule has 0 unspecified atom stereocenters. The van der Waals surface area contributed by atoms with Crippen LogP contribution in [0.25, 0.3) is 0 Å². The van der Waals surface area contributed by atoms with Crippen LogP contribution in [0.1, 0.15) is 12.5 Å². The molecule has 0 amide bonds. The molecule has 0 saturated carbocycles. The fourth-order valence-electron chi connectivity index (χ4n) is 1.57. The van der Waals surface area contributed by atoms with E-state index in [0.29, 0.717) is 11.0 Å². The monoisotopic (exact) mass is 315 g/mol. The van der Waals surface area contributed by atoms with Gasteiger partial charge in [0.2, 0.25) is 0 Å². The molecule has 1 aromatic heterocycles. The average Bonchev–Trinajstić information content (AvgIpc) is 2.75. The predicted octanol–water partition coefficient (Wildman–Crippen LogP) is 3.56.